The highest BCUT2D eigenvalue weighted by molar-refractivity contribution is 6.01. The van der Waals surface area contributed by atoms with Gasteiger partial charge >= 0.3 is 0 Å². The fourth-order valence-electron chi connectivity index (χ4n) is 2.59. The van der Waals surface area contributed by atoms with E-state index in [4.69, 9.17) is 0 Å². The number of nitrogens with one attached hydrogen (secondary N) is 3. The molecule has 1 aromatic heterocycles. The average molecular weight is 334 g/mol. The zero-order valence-corrected chi connectivity index (χ0v) is 14.0. The Bertz CT molecular complexity index is 955. The molecule has 2 aromatic carbocycles. The number of aromatic amines is 1. The average Bonchev–Trinajstić information content (AvgIpc) is 2.90. The summed E-state index contributed by atoms with van der Waals surface area (Å²) < 4.78 is 0. The van der Waals surface area contributed by atoms with E-state index in [1.165, 1.54) is 6.92 Å². The number of hydrazone groups is 1. The highest BCUT2D eigenvalue weighted by Gasteiger charge is 2.07. The number of aromatic nitrogens is 1. The van der Waals surface area contributed by atoms with Crippen molar-refractivity contribution in [1.82, 2.24) is 10.4 Å². The van der Waals surface area contributed by atoms with Gasteiger partial charge in [-0.2, -0.15) is 5.10 Å². The minimum Gasteiger partial charge on any atom is -0.358 e. The van der Waals surface area contributed by atoms with Crippen LogP contribution >= 0.6 is 0 Å². The molecule has 0 aliphatic heterocycles. The molecular formula is C19H18N4O2. The lowest BCUT2D eigenvalue weighted by atomic mass is 10.1. The molecule has 0 bridgehead atoms. The van der Waals surface area contributed by atoms with Crippen LogP contribution in [0.15, 0.2) is 53.6 Å². The Labute approximate surface area is 144 Å². The number of fused-ring (bicyclic) bond motifs is 1. The van der Waals surface area contributed by atoms with E-state index in [0.29, 0.717) is 11.3 Å². The highest BCUT2D eigenvalue weighted by Crippen LogP contribution is 2.19. The largest absolute Gasteiger partial charge is 0.358 e. The third-order valence-corrected chi connectivity index (χ3v) is 3.77. The van der Waals surface area contributed by atoms with Crippen LogP contribution in [0.2, 0.25) is 0 Å². The Morgan fingerprint density at radius 1 is 1.08 bits per heavy atom. The SMILES string of the molecule is CC(=O)Nc1ccc(C(=O)N/N=C/c2c(C)[nH]c3ccccc23)cc1. The smallest absolute Gasteiger partial charge is 0.271 e. The summed E-state index contributed by atoms with van der Waals surface area (Å²) in [4.78, 5) is 26.4. The summed E-state index contributed by atoms with van der Waals surface area (Å²) in [6.07, 6.45) is 1.64. The highest BCUT2D eigenvalue weighted by atomic mass is 16.2. The molecule has 25 heavy (non-hydrogen) atoms. The molecule has 2 amide bonds. The van der Waals surface area contributed by atoms with Gasteiger partial charge < -0.3 is 10.3 Å². The minimum atomic E-state index is -0.317. The van der Waals surface area contributed by atoms with Crippen molar-refractivity contribution in [2.45, 2.75) is 13.8 Å². The molecule has 6 heteroatoms. The fourth-order valence-corrected chi connectivity index (χ4v) is 2.59. The second kappa shape index (κ2) is 7.00. The van der Waals surface area contributed by atoms with Gasteiger partial charge in [-0.25, -0.2) is 5.43 Å². The summed E-state index contributed by atoms with van der Waals surface area (Å²) in [5.74, 6) is -0.473. The van der Waals surface area contributed by atoms with Gasteiger partial charge in [-0.05, 0) is 37.3 Å². The van der Waals surface area contributed by atoms with E-state index in [-0.39, 0.29) is 11.8 Å². The first-order valence-electron chi connectivity index (χ1n) is 7.83. The van der Waals surface area contributed by atoms with E-state index in [2.05, 4.69) is 20.8 Å². The van der Waals surface area contributed by atoms with Crippen LogP contribution in [0.5, 0.6) is 0 Å². The van der Waals surface area contributed by atoms with Crippen LogP contribution in [0.1, 0.15) is 28.5 Å². The summed E-state index contributed by atoms with van der Waals surface area (Å²) in [6.45, 7) is 3.39. The quantitative estimate of drug-likeness (QED) is 0.505. The van der Waals surface area contributed by atoms with Crippen LogP contribution in [0.3, 0.4) is 0 Å². The number of nitrogens with zero attached hydrogens (tertiary/aromatic N) is 1. The standard InChI is InChI=1S/C19H18N4O2/c1-12-17(16-5-3-4-6-18(16)21-12)11-20-23-19(25)14-7-9-15(10-8-14)22-13(2)24/h3-11,21H,1-2H3,(H,22,24)(H,23,25)/b20-11+. The lowest BCUT2D eigenvalue weighted by Crippen LogP contribution is -2.17. The molecule has 3 N–H and O–H groups in total. The topological polar surface area (TPSA) is 86.3 Å². The summed E-state index contributed by atoms with van der Waals surface area (Å²) in [6, 6.07) is 14.5. The van der Waals surface area contributed by atoms with Crippen molar-refractivity contribution in [3.63, 3.8) is 0 Å². The number of benzene rings is 2. The zero-order chi connectivity index (χ0) is 17.8. The van der Waals surface area contributed by atoms with Crippen LogP contribution < -0.4 is 10.7 Å². The summed E-state index contributed by atoms with van der Waals surface area (Å²) >= 11 is 0. The van der Waals surface area contributed by atoms with Crippen LogP contribution in [0.4, 0.5) is 5.69 Å². The molecule has 0 radical (unpaired) electrons. The fraction of sp³-hybridized carbons (Fsp3) is 0.105. The third kappa shape index (κ3) is 3.74. The molecule has 0 fully saturated rings. The molecule has 0 aliphatic carbocycles. The first-order valence-corrected chi connectivity index (χ1v) is 7.83. The van der Waals surface area contributed by atoms with E-state index in [0.717, 1.165) is 22.2 Å². The Hall–Kier alpha value is -3.41. The van der Waals surface area contributed by atoms with Crippen molar-refractivity contribution in [3.05, 3.63) is 65.4 Å². The monoisotopic (exact) mass is 334 g/mol. The van der Waals surface area contributed by atoms with Gasteiger partial charge in [-0.1, -0.05) is 18.2 Å². The second-order valence-corrected chi connectivity index (χ2v) is 5.67. The maximum atomic E-state index is 12.1. The molecule has 1 heterocycles. The number of amides is 2. The van der Waals surface area contributed by atoms with Gasteiger partial charge in [0.2, 0.25) is 5.91 Å². The van der Waals surface area contributed by atoms with Gasteiger partial charge in [0.1, 0.15) is 0 Å². The van der Waals surface area contributed by atoms with E-state index in [1.807, 2.05) is 31.2 Å². The molecule has 6 nitrogen and oxygen atoms in total. The van der Waals surface area contributed by atoms with E-state index < -0.39 is 0 Å². The van der Waals surface area contributed by atoms with Crippen molar-refractivity contribution < 1.29 is 9.59 Å². The molecule has 0 saturated heterocycles. The molecule has 126 valence electrons. The number of aryl methyl sites for hydroxylation is 1. The van der Waals surface area contributed by atoms with Gasteiger partial charge in [0, 0.05) is 40.3 Å². The number of carbonyl (C=O) groups excluding carboxylic acids is 2. The van der Waals surface area contributed by atoms with Crippen molar-refractivity contribution in [2.24, 2.45) is 5.10 Å². The molecule has 0 unspecified atom stereocenters. The zero-order valence-electron chi connectivity index (χ0n) is 14.0. The van der Waals surface area contributed by atoms with Crippen molar-refractivity contribution in [3.8, 4) is 0 Å². The maximum absolute atomic E-state index is 12.1. The number of hydrogen-bond acceptors (Lipinski definition) is 3. The first kappa shape index (κ1) is 16.4. The Morgan fingerprint density at radius 3 is 2.52 bits per heavy atom. The summed E-state index contributed by atoms with van der Waals surface area (Å²) in [5.41, 5.74) is 6.58. The molecule has 0 saturated carbocycles. The predicted octanol–water partition coefficient (Wildman–Crippen LogP) is 3.20. The minimum absolute atomic E-state index is 0.157. The van der Waals surface area contributed by atoms with Gasteiger partial charge in [-0.3, -0.25) is 9.59 Å². The van der Waals surface area contributed by atoms with Gasteiger partial charge in [0.05, 0.1) is 6.21 Å². The van der Waals surface area contributed by atoms with E-state index >= 15 is 0 Å². The lowest BCUT2D eigenvalue weighted by molar-refractivity contribution is -0.114. The predicted molar refractivity (Wildman–Crippen MR) is 98.8 cm³/mol. The summed E-state index contributed by atoms with van der Waals surface area (Å²) in [5, 5.41) is 7.76. The van der Waals surface area contributed by atoms with Crippen LogP contribution in [0, 0.1) is 6.92 Å². The van der Waals surface area contributed by atoms with E-state index in [9.17, 15) is 9.59 Å². The van der Waals surface area contributed by atoms with Gasteiger partial charge in [0.15, 0.2) is 0 Å². The Morgan fingerprint density at radius 2 is 1.80 bits per heavy atom. The molecule has 0 aliphatic rings. The number of rotatable bonds is 4. The number of anilines is 1. The Balaban J connectivity index is 1.70. The van der Waals surface area contributed by atoms with Crippen molar-refractivity contribution in [1.29, 1.82) is 0 Å². The first-order chi connectivity index (χ1) is 12.0. The molecular weight excluding hydrogens is 316 g/mol. The number of para-hydroxylation sites is 1. The summed E-state index contributed by atoms with van der Waals surface area (Å²) in [7, 11) is 0. The molecule has 3 rings (SSSR count). The van der Waals surface area contributed by atoms with Crippen molar-refractivity contribution >= 4 is 34.6 Å². The maximum Gasteiger partial charge on any atom is 0.271 e. The lowest BCUT2D eigenvalue weighted by Gasteiger charge is -2.03. The molecule has 0 atom stereocenters. The van der Waals surface area contributed by atoms with Crippen molar-refractivity contribution in [2.75, 3.05) is 5.32 Å². The van der Waals surface area contributed by atoms with Crippen LogP contribution in [-0.4, -0.2) is 23.0 Å². The normalized spacial score (nSPS) is 11.0. The third-order valence-electron chi connectivity index (χ3n) is 3.77. The van der Waals surface area contributed by atoms with Crippen LogP contribution in [0.25, 0.3) is 10.9 Å². The van der Waals surface area contributed by atoms with Gasteiger partial charge in [-0.15, -0.1) is 0 Å². The number of H-pyrrole nitrogens is 1. The van der Waals surface area contributed by atoms with E-state index in [1.54, 1.807) is 30.5 Å². The molecule has 0 spiro atoms. The van der Waals surface area contributed by atoms with Crippen LogP contribution in [-0.2, 0) is 4.79 Å². The number of carbonyl (C=O) groups is 2. The molecule has 3 aromatic rings. The number of hydrogen-bond donors (Lipinski definition) is 3. The Kier molecular flexibility index (Phi) is 4.61. The van der Waals surface area contributed by atoms with Gasteiger partial charge in [0.25, 0.3) is 5.91 Å². The second-order valence-electron chi connectivity index (χ2n) is 5.67.